The fraction of sp³-hybridized carbons (Fsp3) is 0.909. The fourth-order valence-corrected chi connectivity index (χ4v) is 1.47. The second-order valence-electron chi connectivity index (χ2n) is 5.00. The van der Waals surface area contributed by atoms with Crippen LogP contribution >= 0.6 is 0 Å². The smallest absolute Gasteiger partial charge is 0.432 e. The number of rotatable bonds is 5. The van der Waals surface area contributed by atoms with E-state index in [1.165, 1.54) is 0 Å². The van der Waals surface area contributed by atoms with Crippen molar-refractivity contribution in [2.24, 2.45) is 5.92 Å². The van der Waals surface area contributed by atoms with E-state index in [4.69, 9.17) is 5.11 Å². The molecule has 0 aliphatic rings. The van der Waals surface area contributed by atoms with Crippen LogP contribution in [0.3, 0.4) is 0 Å². The molecule has 1 N–H and O–H groups in total. The van der Waals surface area contributed by atoms with Gasteiger partial charge < -0.3 is 9.84 Å². The Balaban J connectivity index is 6.35. The Bertz CT molecular complexity index is 463. The zero-order chi connectivity index (χ0) is 20.6. The van der Waals surface area contributed by atoms with Gasteiger partial charge in [-0.25, -0.2) is 0 Å². The second-order valence-corrected chi connectivity index (χ2v) is 5.00. The molecular weight excluding hydrogens is 389 g/mol. The SMILES string of the molecule is CCC(C)C(=O)OC(C(F)(F)F)C(F)(F)C(O)(C(F)(F)F)C(F)(F)F. The summed E-state index contributed by atoms with van der Waals surface area (Å²) in [6, 6.07) is 0. The lowest BCUT2D eigenvalue weighted by atomic mass is 9.89. The number of hydrogen-bond acceptors (Lipinski definition) is 3. The largest absolute Gasteiger partial charge is 0.446 e. The van der Waals surface area contributed by atoms with Gasteiger partial charge in [-0.2, -0.15) is 48.3 Å². The van der Waals surface area contributed by atoms with Crippen molar-refractivity contribution in [3.8, 4) is 0 Å². The van der Waals surface area contributed by atoms with Crippen LogP contribution in [-0.4, -0.2) is 47.2 Å². The molecule has 0 fully saturated rings. The number of aliphatic hydroxyl groups is 1. The van der Waals surface area contributed by atoms with Crippen LogP contribution in [0.2, 0.25) is 0 Å². The molecule has 0 spiro atoms. The maximum atomic E-state index is 13.7. The third kappa shape index (κ3) is 4.26. The van der Waals surface area contributed by atoms with E-state index in [1.54, 1.807) is 0 Å². The Morgan fingerprint density at radius 3 is 1.52 bits per heavy atom. The molecule has 0 aromatic carbocycles. The molecule has 0 aromatic rings. The Morgan fingerprint density at radius 2 is 1.28 bits per heavy atom. The van der Waals surface area contributed by atoms with Crippen LogP contribution in [0, 0.1) is 5.92 Å². The number of alkyl halides is 11. The van der Waals surface area contributed by atoms with Gasteiger partial charge in [0.15, 0.2) is 0 Å². The van der Waals surface area contributed by atoms with Gasteiger partial charge in [0.1, 0.15) is 0 Å². The van der Waals surface area contributed by atoms with E-state index < -0.39 is 48.0 Å². The average Bonchev–Trinajstić information content (AvgIpc) is 2.38. The minimum atomic E-state index is -7.26. The second kappa shape index (κ2) is 6.76. The van der Waals surface area contributed by atoms with Gasteiger partial charge in [-0.05, 0) is 6.42 Å². The Kier molecular flexibility index (Phi) is 6.40. The number of ether oxygens (including phenoxy) is 1. The minimum Gasteiger partial charge on any atom is -0.446 e. The summed E-state index contributed by atoms with van der Waals surface area (Å²) in [7, 11) is 0. The van der Waals surface area contributed by atoms with Crippen LogP contribution in [0.1, 0.15) is 20.3 Å². The van der Waals surface area contributed by atoms with Crippen LogP contribution in [-0.2, 0) is 9.53 Å². The molecular formula is C11H11F11O3. The topological polar surface area (TPSA) is 46.5 Å². The predicted octanol–water partition coefficient (Wildman–Crippen LogP) is 4.00. The summed E-state index contributed by atoms with van der Waals surface area (Å²) < 4.78 is 143. The van der Waals surface area contributed by atoms with Crippen LogP contribution in [0.4, 0.5) is 48.3 Å². The Labute approximate surface area is 132 Å². The van der Waals surface area contributed by atoms with Gasteiger partial charge in [-0.1, -0.05) is 13.8 Å². The Morgan fingerprint density at radius 1 is 0.920 bits per heavy atom. The van der Waals surface area contributed by atoms with Crippen LogP contribution in [0.15, 0.2) is 0 Å². The first-order valence-electron chi connectivity index (χ1n) is 6.26. The molecule has 0 heterocycles. The molecule has 25 heavy (non-hydrogen) atoms. The standard InChI is InChI=1S/C11H11F11O3/c1-3-4(2)5(23)25-6(8(14,15)16)7(12,13)9(24,10(17,18)19)11(20,21)22/h4,6,24H,3H2,1-2H3. The molecule has 0 aliphatic heterocycles. The van der Waals surface area contributed by atoms with Crippen molar-refractivity contribution in [3.05, 3.63) is 0 Å². The summed E-state index contributed by atoms with van der Waals surface area (Å²) in [6.07, 6.45) is -26.6. The van der Waals surface area contributed by atoms with E-state index in [0.29, 0.717) is 0 Å². The van der Waals surface area contributed by atoms with Gasteiger partial charge in [0, 0.05) is 0 Å². The normalized spacial score (nSPS) is 17.2. The first-order chi connectivity index (χ1) is 10.7. The van der Waals surface area contributed by atoms with Gasteiger partial charge >= 0.3 is 36.0 Å². The number of carbonyl (C=O) groups is 1. The van der Waals surface area contributed by atoms with E-state index in [2.05, 4.69) is 4.74 Å². The molecule has 3 nitrogen and oxygen atoms in total. The van der Waals surface area contributed by atoms with Crippen molar-refractivity contribution < 1.29 is 62.9 Å². The third-order valence-corrected chi connectivity index (χ3v) is 3.18. The third-order valence-electron chi connectivity index (χ3n) is 3.18. The lowest BCUT2D eigenvalue weighted by molar-refractivity contribution is -0.445. The predicted molar refractivity (Wildman–Crippen MR) is 57.4 cm³/mol. The lowest BCUT2D eigenvalue weighted by Gasteiger charge is -2.41. The molecule has 0 saturated carbocycles. The van der Waals surface area contributed by atoms with Crippen LogP contribution in [0.5, 0.6) is 0 Å². The highest BCUT2D eigenvalue weighted by molar-refractivity contribution is 5.72. The monoisotopic (exact) mass is 400 g/mol. The van der Waals surface area contributed by atoms with Crippen molar-refractivity contribution in [2.75, 3.05) is 0 Å². The van der Waals surface area contributed by atoms with Crippen molar-refractivity contribution in [1.29, 1.82) is 0 Å². The fourth-order valence-electron chi connectivity index (χ4n) is 1.47. The molecule has 2 unspecified atom stereocenters. The van der Waals surface area contributed by atoms with Crippen molar-refractivity contribution in [3.63, 3.8) is 0 Å². The number of esters is 1. The highest BCUT2D eigenvalue weighted by Crippen LogP contribution is 2.55. The summed E-state index contributed by atoms with van der Waals surface area (Å²) >= 11 is 0. The van der Waals surface area contributed by atoms with E-state index in [9.17, 15) is 53.1 Å². The molecule has 0 rings (SSSR count). The van der Waals surface area contributed by atoms with Crippen LogP contribution in [0.25, 0.3) is 0 Å². The summed E-state index contributed by atoms with van der Waals surface area (Å²) in [5.74, 6) is -10.7. The summed E-state index contributed by atoms with van der Waals surface area (Å²) in [5.41, 5.74) is -7.11. The highest BCUT2D eigenvalue weighted by Gasteiger charge is 2.87. The molecule has 0 radical (unpaired) electrons. The molecule has 150 valence electrons. The lowest BCUT2D eigenvalue weighted by Crippen LogP contribution is -2.73. The summed E-state index contributed by atoms with van der Waals surface area (Å²) in [5, 5.41) is 8.56. The van der Waals surface area contributed by atoms with Gasteiger partial charge in [-0.15, -0.1) is 0 Å². The van der Waals surface area contributed by atoms with Gasteiger partial charge in [-0.3, -0.25) is 4.79 Å². The summed E-state index contributed by atoms with van der Waals surface area (Å²) in [6.45, 7) is 2.00. The number of hydrogen-bond donors (Lipinski definition) is 1. The molecule has 14 heteroatoms. The quantitative estimate of drug-likeness (QED) is 0.561. The van der Waals surface area contributed by atoms with Crippen molar-refractivity contribution in [2.45, 2.75) is 56.4 Å². The van der Waals surface area contributed by atoms with Gasteiger partial charge in [0.05, 0.1) is 5.92 Å². The van der Waals surface area contributed by atoms with E-state index in [-0.39, 0.29) is 6.42 Å². The number of halogens is 11. The zero-order valence-corrected chi connectivity index (χ0v) is 12.3. The minimum absolute atomic E-state index is 0.308. The molecule has 0 aliphatic carbocycles. The first-order valence-corrected chi connectivity index (χ1v) is 6.26. The molecule has 0 aromatic heterocycles. The number of carbonyl (C=O) groups excluding carboxylic acids is 1. The molecule has 0 saturated heterocycles. The van der Waals surface area contributed by atoms with Gasteiger partial charge in [0.2, 0.25) is 0 Å². The van der Waals surface area contributed by atoms with Crippen molar-refractivity contribution in [1.82, 2.24) is 0 Å². The van der Waals surface area contributed by atoms with Gasteiger partial charge in [0.25, 0.3) is 6.10 Å². The average molecular weight is 400 g/mol. The van der Waals surface area contributed by atoms with E-state index >= 15 is 0 Å². The van der Waals surface area contributed by atoms with Crippen molar-refractivity contribution >= 4 is 5.97 Å². The van der Waals surface area contributed by atoms with E-state index in [1.807, 2.05) is 0 Å². The molecule has 0 bridgehead atoms. The maximum absolute atomic E-state index is 13.7. The summed E-state index contributed by atoms with van der Waals surface area (Å²) in [4.78, 5) is 11.2. The molecule has 0 amide bonds. The zero-order valence-electron chi connectivity index (χ0n) is 12.3. The Hall–Kier alpha value is -1.34. The maximum Gasteiger partial charge on any atom is 0.432 e. The molecule has 2 atom stereocenters. The van der Waals surface area contributed by atoms with Crippen LogP contribution < -0.4 is 0 Å². The van der Waals surface area contributed by atoms with E-state index in [0.717, 1.165) is 13.8 Å². The highest BCUT2D eigenvalue weighted by atomic mass is 19.4. The first kappa shape index (κ1) is 23.7.